The van der Waals surface area contributed by atoms with Gasteiger partial charge >= 0.3 is 0 Å². The zero-order chi connectivity index (χ0) is 18.8. The maximum Gasteiger partial charge on any atom is 0.248 e. The van der Waals surface area contributed by atoms with Crippen LogP contribution in [0, 0.1) is 19.7 Å². The van der Waals surface area contributed by atoms with Gasteiger partial charge in [0.15, 0.2) is 0 Å². The molecule has 134 valence electrons. The summed E-state index contributed by atoms with van der Waals surface area (Å²) in [6.45, 7) is 5.24. The van der Waals surface area contributed by atoms with E-state index in [1.54, 1.807) is 24.3 Å². The van der Waals surface area contributed by atoms with Crippen molar-refractivity contribution in [2.24, 2.45) is 0 Å². The molecule has 0 saturated heterocycles. The molecule has 0 saturated carbocycles. The van der Waals surface area contributed by atoms with E-state index >= 15 is 0 Å². The fraction of sp³-hybridized carbons (Fsp3) is 0.278. The van der Waals surface area contributed by atoms with Crippen LogP contribution in [0.4, 0.5) is 15.8 Å². The topological polar surface area (TPSA) is 66.5 Å². The summed E-state index contributed by atoms with van der Waals surface area (Å²) < 4.78 is 39.3. The number of aryl methyl sites for hydroxylation is 2. The standard InChI is InChI=1S/C18H21FN2O3S/c1-12-9-10-15(11-13(12)2)21(25(4,23)24)14(3)18(22)20-17-8-6-5-7-16(17)19/h5-11,14H,1-4H3,(H,20,22)/t14-/m0/s1. The number of carbonyl (C=O) groups excluding carboxylic acids is 1. The third-order valence-electron chi connectivity index (χ3n) is 3.97. The monoisotopic (exact) mass is 364 g/mol. The van der Waals surface area contributed by atoms with E-state index in [9.17, 15) is 17.6 Å². The Morgan fingerprint density at radius 2 is 1.76 bits per heavy atom. The van der Waals surface area contributed by atoms with Crippen LogP contribution in [0.2, 0.25) is 0 Å². The van der Waals surface area contributed by atoms with Crippen molar-refractivity contribution in [1.29, 1.82) is 0 Å². The van der Waals surface area contributed by atoms with Gasteiger partial charge < -0.3 is 5.32 Å². The van der Waals surface area contributed by atoms with Crippen LogP contribution >= 0.6 is 0 Å². The molecule has 0 bridgehead atoms. The summed E-state index contributed by atoms with van der Waals surface area (Å²) in [6, 6.07) is 9.84. The largest absolute Gasteiger partial charge is 0.322 e. The second kappa shape index (κ2) is 7.23. The molecule has 1 atom stereocenters. The first-order valence-corrected chi connectivity index (χ1v) is 9.58. The summed E-state index contributed by atoms with van der Waals surface area (Å²) in [4.78, 5) is 12.5. The van der Waals surface area contributed by atoms with Crippen molar-refractivity contribution in [3.05, 3.63) is 59.4 Å². The molecule has 0 radical (unpaired) electrons. The van der Waals surface area contributed by atoms with E-state index in [1.165, 1.54) is 25.1 Å². The van der Waals surface area contributed by atoms with E-state index in [0.29, 0.717) is 5.69 Å². The first-order valence-electron chi connectivity index (χ1n) is 7.73. The number of sulfonamides is 1. The molecule has 0 spiro atoms. The number of hydrogen-bond donors (Lipinski definition) is 1. The first-order chi connectivity index (χ1) is 11.6. The Morgan fingerprint density at radius 3 is 2.32 bits per heavy atom. The number of halogens is 1. The van der Waals surface area contributed by atoms with Gasteiger partial charge in [-0.1, -0.05) is 18.2 Å². The molecule has 1 amide bonds. The number of hydrogen-bond acceptors (Lipinski definition) is 3. The van der Waals surface area contributed by atoms with Gasteiger partial charge in [-0.25, -0.2) is 12.8 Å². The van der Waals surface area contributed by atoms with Crippen molar-refractivity contribution < 1.29 is 17.6 Å². The maximum atomic E-state index is 13.7. The molecule has 0 aliphatic carbocycles. The van der Waals surface area contributed by atoms with Crippen LogP contribution in [-0.2, 0) is 14.8 Å². The van der Waals surface area contributed by atoms with Gasteiger partial charge in [-0.05, 0) is 56.2 Å². The van der Waals surface area contributed by atoms with E-state index in [0.717, 1.165) is 21.7 Å². The lowest BCUT2D eigenvalue weighted by atomic mass is 10.1. The second-order valence-corrected chi connectivity index (χ2v) is 7.83. The number of nitrogens with one attached hydrogen (secondary N) is 1. The number of para-hydroxylation sites is 1. The molecule has 7 heteroatoms. The highest BCUT2D eigenvalue weighted by atomic mass is 32.2. The summed E-state index contributed by atoms with van der Waals surface area (Å²) in [5, 5.41) is 2.44. The Kier molecular flexibility index (Phi) is 5.47. The normalized spacial score (nSPS) is 12.5. The van der Waals surface area contributed by atoms with Crippen LogP contribution in [0.25, 0.3) is 0 Å². The third kappa shape index (κ3) is 4.36. The summed E-state index contributed by atoms with van der Waals surface area (Å²) >= 11 is 0. The van der Waals surface area contributed by atoms with Gasteiger partial charge in [0, 0.05) is 0 Å². The minimum absolute atomic E-state index is 0.00730. The number of amides is 1. The van der Waals surface area contributed by atoms with Crippen LogP contribution in [0.15, 0.2) is 42.5 Å². The number of anilines is 2. The van der Waals surface area contributed by atoms with Gasteiger partial charge in [0.25, 0.3) is 0 Å². The van der Waals surface area contributed by atoms with E-state index in [-0.39, 0.29) is 5.69 Å². The minimum atomic E-state index is -3.72. The zero-order valence-corrected chi connectivity index (χ0v) is 15.4. The zero-order valence-electron chi connectivity index (χ0n) is 14.6. The average molecular weight is 364 g/mol. The van der Waals surface area contributed by atoms with Gasteiger partial charge in [0.05, 0.1) is 17.6 Å². The van der Waals surface area contributed by atoms with Crippen molar-refractivity contribution >= 4 is 27.3 Å². The molecule has 0 heterocycles. The van der Waals surface area contributed by atoms with Gasteiger partial charge in [-0.3, -0.25) is 9.10 Å². The molecular weight excluding hydrogens is 343 g/mol. The molecule has 2 aromatic rings. The van der Waals surface area contributed by atoms with Gasteiger partial charge in [0.1, 0.15) is 11.9 Å². The summed E-state index contributed by atoms with van der Waals surface area (Å²) in [7, 11) is -3.72. The number of carbonyl (C=O) groups is 1. The number of benzene rings is 2. The molecule has 0 fully saturated rings. The van der Waals surface area contributed by atoms with Crippen LogP contribution in [0.5, 0.6) is 0 Å². The fourth-order valence-electron chi connectivity index (χ4n) is 2.47. The Bertz CT molecular complexity index is 897. The van der Waals surface area contributed by atoms with Crippen molar-refractivity contribution in [3.63, 3.8) is 0 Å². The SMILES string of the molecule is Cc1ccc(N([C@@H](C)C(=O)Nc2ccccc2F)S(C)(=O)=O)cc1C. The Hall–Kier alpha value is -2.41. The lowest BCUT2D eigenvalue weighted by Crippen LogP contribution is -2.45. The highest BCUT2D eigenvalue weighted by Gasteiger charge is 2.29. The second-order valence-electron chi connectivity index (χ2n) is 5.97. The van der Waals surface area contributed by atoms with Crippen molar-refractivity contribution in [1.82, 2.24) is 0 Å². The minimum Gasteiger partial charge on any atom is -0.322 e. The van der Waals surface area contributed by atoms with Crippen LogP contribution in [0.1, 0.15) is 18.1 Å². The molecule has 2 rings (SSSR count). The van der Waals surface area contributed by atoms with Crippen LogP contribution < -0.4 is 9.62 Å². The number of rotatable bonds is 5. The van der Waals surface area contributed by atoms with E-state index in [1.807, 2.05) is 13.8 Å². The Labute approximate surface area is 147 Å². The van der Waals surface area contributed by atoms with E-state index in [4.69, 9.17) is 0 Å². The molecule has 0 unspecified atom stereocenters. The fourth-order valence-corrected chi connectivity index (χ4v) is 3.64. The molecule has 5 nitrogen and oxygen atoms in total. The summed E-state index contributed by atoms with van der Waals surface area (Å²) in [6.07, 6.45) is 1.04. The predicted octanol–water partition coefficient (Wildman–Crippen LogP) is 3.24. The highest BCUT2D eigenvalue weighted by molar-refractivity contribution is 7.92. The van der Waals surface area contributed by atoms with Gasteiger partial charge in [0.2, 0.25) is 15.9 Å². The van der Waals surface area contributed by atoms with E-state index in [2.05, 4.69) is 5.32 Å². The van der Waals surface area contributed by atoms with Crippen molar-refractivity contribution in [2.45, 2.75) is 26.8 Å². The van der Waals surface area contributed by atoms with Crippen molar-refractivity contribution in [3.8, 4) is 0 Å². The number of nitrogens with zero attached hydrogens (tertiary/aromatic N) is 1. The lowest BCUT2D eigenvalue weighted by Gasteiger charge is -2.28. The highest BCUT2D eigenvalue weighted by Crippen LogP contribution is 2.24. The Morgan fingerprint density at radius 1 is 1.12 bits per heavy atom. The van der Waals surface area contributed by atoms with Gasteiger partial charge in [-0.2, -0.15) is 0 Å². The van der Waals surface area contributed by atoms with Gasteiger partial charge in [-0.15, -0.1) is 0 Å². The van der Waals surface area contributed by atoms with E-state index < -0.39 is 27.8 Å². The first kappa shape index (κ1) is 18.9. The van der Waals surface area contributed by atoms with Crippen LogP contribution in [-0.4, -0.2) is 26.6 Å². The predicted molar refractivity (Wildman–Crippen MR) is 97.7 cm³/mol. The quantitative estimate of drug-likeness (QED) is 0.886. The molecule has 25 heavy (non-hydrogen) atoms. The Balaban J connectivity index is 2.36. The summed E-state index contributed by atoms with van der Waals surface area (Å²) in [5.74, 6) is -1.20. The summed E-state index contributed by atoms with van der Waals surface area (Å²) in [5.41, 5.74) is 2.32. The van der Waals surface area contributed by atoms with Crippen molar-refractivity contribution in [2.75, 3.05) is 15.9 Å². The smallest absolute Gasteiger partial charge is 0.248 e. The molecule has 1 N–H and O–H groups in total. The van der Waals surface area contributed by atoms with Crippen LogP contribution in [0.3, 0.4) is 0 Å². The third-order valence-corrected chi connectivity index (χ3v) is 5.21. The average Bonchev–Trinajstić information content (AvgIpc) is 2.51. The molecular formula is C18H21FN2O3S. The molecule has 2 aromatic carbocycles. The molecule has 0 aromatic heterocycles. The molecule has 0 aliphatic rings. The lowest BCUT2D eigenvalue weighted by molar-refractivity contribution is -0.116. The maximum absolute atomic E-state index is 13.7. The molecule has 0 aliphatic heterocycles.